The van der Waals surface area contributed by atoms with Crippen LogP contribution in [-0.2, 0) is 5.75 Å². The number of nitro benzene ring substituents is 1. The maximum atomic E-state index is 10.6. The molecule has 0 radical (unpaired) electrons. The highest BCUT2D eigenvalue weighted by Gasteiger charge is 2.14. The summed E-state index contributed by atoms with van der Waals surface area (Å²) in [6, 6.07) is 4.57. The Kier molecular flexibility index (Phi) is 3.80. The molecule has 4 nitrogen and oxygen atoms in total. The average Bonchev–Trinajstić information content (AvgIpc) is 2.14. The minimum absolute atomic E-state index is 0.0960. The highest BCUT2D eigenvalue weighted by Crippen LogP contribution is 2.30. The van der Waals surface area contributed by atoms with Crippen molar-refractivity contribution in [2.24, 2.45) is 0 Å². The molecule has 0 spiro atoms. The minimum Gasteiger partial charge on any atom is -0.398 e. The summed E-state index contributed by atoms with van der Waals surface area (Å²) in [7, 11) is 0. The molecule has 0 saturated heterocycles. The zero-order valence-electron chi connectivity index (χ0n) is 9.69. The largest absolute Gasteiger partial charge is 0.398 e. The lowest BCUT2D eigenvalue weighted by molar-refractivity contribution is -0.384. The molecular weight excluding hydrogens is 224 g/mol. The number of nitrogens with two attached hydrogens (primary N) is 1. The van der Waals surface area contributed by atoms with E-state index in [0.717, 1.165) is 5.56 Å². The molecule has 5 heteroatoms. The maximum absolute atomic E-state index is 10.6. The first-order valence-corrected chi connectivity index (χ1v) is 5.95. The quantitative estimate of drug-likeness (QED) is 0.500. The van der Waals surface area contributed by atoms with E-state index in [1.807, 2.05) is 0 Å². The zero-order valence-corrected chi connectivity index (χ0v) is 10.5. The third-order valence-corrected chi connectivity index (χ3v) is 3.32. The Labute approximate surface area is 99.4 Å². The molecule has 0 aliphatic carbocycles. The number of thioether (sulfide) groups is 1. The summed E-state index contributed by atoms with van der Waals surface area (Å²) in [5.74, 6) is 0.691. The molecule has 0 atom stereocenters. The standard InChI is InChI=1S/C11H16N2O2S/c1-11(2,3)16-7-8-6-9(13(14)15)4-5-10(8)12/h4-6H,7,12H2,1-3H3. The van der Waals surface area contributed by atoms with Gasteiger partial charge in [0, 0.05) is 28.3 Å². The topological polar surface area (TPSA) is 69.2 Å². The van der Waals surface area contributed by atoms with Gasteiger partial charge in [0.25, 0.3) is 5.69 Å². The molecular formula is C11H16N2O2S. The van der Waals surface area contributed by atoms with E-state index in [9.17, 15) is 10.1 Å². The predicted octanol–water partition coefficient (Wildman–Crippen LogP) is 3.21. The predicted molar refractivity (Wildman–Crippen MR) is 68.6 cm³/mol. The van der Waals surface area contributed by atoms with Gasteiger partial charge in [0.2, 0.25) is 0 Å². The van der Waals surface area contributed by atoms with Gasteiger partial charge in [0.1, 0.15) is 0 Å². The van der Waals surface area contributed by atoms with Crippen LogP contribution in [0.4, 0.5) is 11.4 Å². The third kappa shape index (κ3) is 3.73. The molecule has 1 rings (SSSR count). The van der Waals surface area contributed by atoms with Gasteiger partial charge in [0.15, 0.2) is 0 Å². The second-order valence-electron chi connectivity index (χ2n) is 4.54. The lowest BCUT2D eigenvalue weighted by Gasteiger charge is -2.17. The Morgan fingerprint density at radius 3 is 2.56 bits per heavy atom. The molecule has 0 unspecified atom stereocenters. The van der Waals surface area contributed by atoms with Crippen LogP contribution in [0.3, 0.4) is 0 Å². The molecule has 0 saturated carbocycles. The van der Waals surface area contributed by atoms with Crippen LogP contribution in [0.5, 0.6) is 0 Å². The van der Waals surface area contributed by atoms with Crippen molar-refractivity contribution in [2.45, 2.75) is 31.3 Å². The van der Waals surface area contributed by atoms with Gasteiger partial charge in [-0.15, -0.1) is 0 Å². The third-order valence-electron chi connectivity index (χ3n) is 2.00. The van der Waals surface area contributed by atoms with Crippen molar-refractivity contribution >= 4 is 23.1 Å². The first-order chi connectivity index (χ1) is 7.29. The second kappa shape index (κ2) is 4.74. The van der Waals surface area contributed by atoms with Gasteiger partial charge in [-0.3, -0.25) is 10.1 Å². The van der Waals surface area contributed by atoms with E-state index in [2.05, 4.69) is 20.8 Å². The fraction of sp³-hybridized carbons (Fsp3) is 0.455. The van der Waals surface area contributed by atoms with Crippen molar-refractivity contribution in [1.82, 2.24) is 0 Å². The Morgan fingerprint density at radius 2 is 2.06 bits per heavy atom. The summed E-state index contributed by atoms with van der Waals surface area (Å²) in [6.07, 6.45) is 0. The molecule has 88 valence electrons. The molecule has 1 aromatic carbocycles. The van der Waals surface area contributed by atoms with Crippen LogP contribution in [0.2, 0.25) is 0 Å². The Morgan fingerprint density at radius 1 is 1.44 bits per heavy atom. The van der Waals surface area contributed by atoms with Crippen molar-refractivity contribution in [3.8, 4) is 0 Å². The van der Waals surface area contributed by atoms with Crippen LogP contribution >= 0.6 is 11.8 Å². The lowest BCUT2D eigenvalue weighted by atomic mass is 10.2. The van der Waals surface area contributed by atoms with E-state index in [1.165, 1.54) is 6.07 Å². The van der Waals surface area contributed by atoms with E-state index in [0.29, 0.717) is 11.4 Å². The summed E-state index contributed by atoms with van der Waals surface area (Å²) in [6.45, 7) is 6.31. The maximum Gasteiger partial charge on any atom is 0.269 e. The first-order valence-electron chi connectivity index (χ1n) is 4.96. The highest BCUT2D eigenvalue weighted by atomic mass is 32.2. The summed E-state index contributed by atoms with van der Waals surface area (Å²) in [5, 5.41) is 10.6. The van der Waals surface area contributed by atoms with Crippen LogP contribution in [-0.4, -0.2) is 9.67 Å². The lowest BCUT2D eigenvalue weighted by Crippen LogP contribution is -2.08. The minimum atomic E-state index is -0.398. The molecule has 0 fully saturated rings. The van der Waals surface area contributed by atoms with Gasteiger partial charge in [-0.25, -0.2) is 0 Å². The normalized spacial score (nSPS) is 11.4. The van der Waals surface area contributed by atoms with Gasteiger partial charge in [-0.1, -0.05) is 20.8 Å². The number of nitrogen functional groups attached to an aromatic ring is 1. The number of rotatable bonds is 3. The summed E-state index contributed by atoms with van der Waals surface area (Å²) in [5.41, 5.74) is 7.32. The molecule has 0 heterocycles. The van der Waals surface area contributed by atoms with E-state index in [-0.39, 0.29) is 10.4 Å². The van der Waals surface area contributed by atoms with Gasteiger partial charge in [0.05, 0.1) is 4.92 Å². The van der Waals surface area contributed by atoms with Crippen molar-refractivity contribution in [2.75, 3.05) is 5.73 Å². The van der Waals surface area contributed by atoms with Crippen LogP contribution in [0.1, 0.15) is 26.3 Å². The SMILES string of the molecule is CC(C)(C)SCc1cc([N+](=O)[O-])ccc1N. The molecule has 2 N–H and O–H groups in total. The van der Waals surface area contributed by atoms with Crippen LogP contribution < -0.4 is 5.73 Å². The number of nitro groups is 1. The van der Waals surface area contributed by atoms with Crippen molar-refractivity contribution < 1.29 is 4.92 Å². The number of anilines is 1. The fourth-order valence-electron chi connectivity index (χ4n) is 1.12. The summed E-state index contributed by atoms with van der Waals surface area (Å²) >= 11 is 1.72. The Hall–Kier alpha value is -1.23. The molecule has 0 aliphatic rings. The van der Waals surface area contributed by atoms with Gasteiger partial charge in [-0.05, 0) is 11.6 Å². The summed E-state index contributed by atoms with van der Waals surface area (Å²) < 4.78 is 0.122. The van der Waals surface area contributed by atoms with E-state index >= 15 is 0 Å². The van der Waals surface area contributed by atoms with Crippen LogP contribution in [0.15, 0.2) is 18.2 Å². The highest BCUT2D eigenvalue weighted by molar-refractivity contribution is 7.99. The smallest absolute Gasteiger partial charge is 0.269 e. The van der Waals surface area contributed by atoms with Crippen molar-refractivity contribution in [3.05, 3.63) is 33.9 Å². The first kappa shape index (κ1) is 12.8. The molecule has 16 heavy (non-hydrogen) atoms. The fourth-order valence-corrected chi connectivity index (χ4v) is 1.96. The number of hydrogen-bond donors (Lipinski definition) is 1. The second-order valence-corrected chi connectivity index (χ2v) is 6.34. The van der Waals surface area contributed by atoms with E-state index < -0.39 is 4.92 Å². The molecule has 1 aromatic rings. The van der Waals surface area contributed by atoms with Crippen LogP contribution in [0.25, 0.3) is 0 Å². The molecule has 0 amide bonds. The number of nitrogens with zero attached hydrogens (tertiary/aromatic N) is 1. The van der Waals surface area contributed by atoms with Crippen molar-refractivity contribution in [1.29, 1.82) is 0 Å². The number of hydrogen-bond acceptors (Lipinski definition) is 4. The van der Waals surface area contributed by atoms with Gasteiger partial charge in [-0.2, -0.15) is 11.8 Å². The monoisotopic (exact) mass is 240 g/mol. The van der Waals surface area contributed by atoms with E-state index in [1.54, 1.807) is 23.9 Å². The van der Waals surface area contributed by atoms with Gasteiger partial charge < -0.3 is 5.73 Å². The zero-order chi connectivity index (χ0) is 12.3. The molecule has 0 aliphatic heterocycles. The van der Waals surface area contributed by atoms with Crippen LogP contribution in [0, 0.1) is 10.1 Å². The summed E-state index contributed by atoms with van der Waals surface area (Å²) in [4.78, 5) is 10.2. The average molecular weight is 240 g/mol. The molecule has 0 bridgehead atoms. The van der Waals surface area contributed by atoms with Crippen molar-refractivity contribution in [3.63, 3.8) is 0 Å². The molecule has 0 aromatic heterocycles. The van der Waals surface area contributed by atoms with Gasteiger partial charge >= 0.3 is 0 Å². The number of non-ortho nitro benzene ring substituents is 1. The van der Waals surface area contributed by atoms with E-state index in [4.69, 9.17) is 5.73 Å². The Bertz CT molecular complexity index is 399. The number of benzene rings is 1. The Balaban J connectivity index is 2.86.